The standard InChI is InChI=1S/C18H22FN3O5S/c1-25-15-8-3-12(19)11-16(15)28(23,24)22-13-4-6-14(7-5-13)27-18-17(26-2)20-9-10-21-18/h3,8-11,13-14,22H,4-7H2,1-2H3. The van der Waals surface area contributed by atoms with E-state index in [-0.39, 0.29) is 22.8 Å². The summed E-state index contributed by atoms with van der Waals surface area (Å²) in [5, 5.41) is 0. The summed E-state index contributed by atoms with van der Waals surface area (Å²) < 4.78 is 57.5. The molecule has 1 aromatic heterocycles. The zero-order valence-electron chi connectivity index (χ0n) is 15.6. The van der Waals surface area contributed by atoms with Crippen molar-refractivity contribution in [3.63, 3.8) is 0 Å². The highest BCUT2D eigenvalue weighted by Crippen LogP contribution is 2.29. The van der Waals surface area contributed by atoms with E-state index in [0.717, 1.165) is 12.1 Å². The molecule has 152 valence electrons. The first-order valence-corrected chi connectivity index (χ1v) is 10.3. The summed E-state index contributed by atoms with van der Waals surface area (Å²) >= 11 is 0. The summed E-state index contributed by atoms with van der Waals surface area (Å²) in [6, 6.07) is 3.13. The molecule has 1 saturated carbocycles. The number of nitrogens with one attached hydrogen (secondary N) is 1. The Morgan fingerprint density at radius 3 is 2.36 bits per heavy atom. The Bertz CT molecular complexity index is 917. The number of rotatable bonds is 7. The van der Waals surface area contributed by atoms with Gasteiger partial charge in [0.2, 0.25) is 10.0 Å². The van der Waals surface area contributed by atoms with Crippen LogP contribution in [0.1, 0.15) is 25.7 Å². The first kappa shape index (κ1) is 20.3. The fourth-order valence-electron chi connectivity index (χ4n) is 3.13. The average Bonchev–Trinajstić information content (AvgIpc) is 2.69. The second kappa shape index (κ2) is 8.70. The molecular weight excluding hydrogens is 389 g/mol. The summed E-state index contributed by atoms with van der Waals surface area (Å²) in [6.07, 6.45) is 5.33. The van der Waals surface area contributed by atoms with Crippen LogP contribution in [0.5, 0.6) is 17.5 Å². The van der Waals surface area contributed by atoms with Crippen molar-refractivity contribution in [1.29, 1.82) is 0 Å². The van der Waals surface area contributed by atoms with Gasteiger partial charge in [-0.15, -0.1) is 0 Å². The third-order valence-electron chi connectivity index (χ3n) is 4.52. The van der Waals surface area contributed by atoms with E-state index in [1.807, 2.05) is 0 Å². The molecule has 0 bridgehead atoms. The van der Waals surface area contributed by atoms with Gasteiger partial charge in [-0.1, -0.05) is 0 Å². The van der Waals surface area contributed by atoms with Crippen LogP contribution in [0.2, 0.25) is 0 Å². The van der Waals surface area contributed by atoms with E-state index in [4.69, 9.17) is 14.2 Å². The minimum Gasteiger partial charge on any atom is -0.495 e. The molecule has 1 aliphatic rings. The molecule has 0 amide bonds. The minimum absolute atomic E-state index is 0.0978. The molecule has 0 unspecified atom stereocenters. The van der Waals surface area contributed by atoms with E-state index < -0.39 is 15.8 Å². The maximum absolute atomic E-state index is 13.5. The van der Waals surface area contributed by atoms with Gasteiger partial charge in [0.25, 0.3) is 11.8 Å². The van der Waals surface area contributed by atoms with Crippen molar-refractivity contribution in [3.05, 3.63) is 36.4 Å². The molecule has 0 saturated heterocycles. The van der Waals surface area contributed by atoms with Crippen LogP contribution in [0.25, 0.3) is 0 Å². The maximum atomic E-state index is 13.5. The second-order valence-electron chi connectivity index (χ2n) is 6.38. The number of hydrogen-bond donors (Lipinski definition) is 1. The van der Waals surface area contributed by atoms with Crippen LogP contribution in [0, 0.1) is 5.82 Å². The lowest BCUT2D eigenvalue weighted by molar-refractivity contribution is 0.132. The zero-order chi connectivity index (χ0) is 20.1. The van der Waals surface area contributed by atoms with Crippen LogP contribution in [0.15, 0.2) is 35.5 Å². The van der Waals surface area contributed by atoms with Crippen LogP contribution in [-0.2, 0) is 10.0 Å². The van der Waals surface area contributed by atoms with E-state index in [2.05, 4.69) is 14.7 Å². The Hall–Kier alpha value is -2.46. The molecule has 1 N–H and O–H groups in total. The van der Waals surface area contributed by atoms with E-state index >= 15 is 0 Å². The highest BCUT2D eigenvalue weighted by molar-refractivity contribution is 7.89. The van der Waals surface area contributed by atoms with Gasteiger partial charge in [-0.2, -0.15) is 0 Å². The molecule has 0 aliphatic heterocycles. The van der Waals surface area contributed by atoms with Crippen molar-refractivity contribution in [2.45, 2.75) is 42.7 Å². The van der Waals surface area contributed by atoms with Crippen LogP contribution < -0.4 is 18.9 Å². The summed E-state index contributed by atoms with van der Waals surface area (Å²) in [6.45, 7) is 0. The summed E-state index contributed by atoms with van der Waals surface area (Å²) in [5.41, 5.74) is 0. The van der Waals surface area contributed by atoms with Crippen molar-refractivity contribution in [3.8, 4) is 17.5 Å². The van der Waals surface area contributed by atoms with Crippen molar-refractivity contribution < 1.29 is 27.0 Å². The van der Waals surface area contributed by atoms with Gasteiger partial charge in [-0.3, -0.25) is 0 Å². The van der Waals surface area contributed by atoms with Crippen LogP contribution in [0.4, 0.5) is 4.39 Å². The first-order valence-electron chi connectivity index (χ1n) is 8.80. The average molecular weight is 411 g/mol. The maximum Gasteiger partial charge on any atom is 0.278 e. The molecule has 10 heteroatoms. The molecular formula is C18H22FN3O5S. The second-order valence-corrected chi connectivity index (χ2v) is 8.06. The lowest BCUT2D eigenvalue weighted by Crippen LogP contribution is -2.39. The Morgan fingerprint density at radius 2 is 1.71 bits per heavy atom. The van der Waals surface area contributed by atoms with Gasteiger partial charge in [0, 0.05) is 18.4 Å². The number of ether oxygens (including phenoxy) is 3. The normalized spacial score (nSPS) is 19.8. The summed E-state index contributed by atoms with van der Waals surface area (Å²) in [5.74, 6) is 0.0823. The van der Waals surface area contributed by atoms with E-state index in [0.29, 0.717) is 37.4 Å². The fraction of sp³-hybridized carbons (Fsp3) is 0.444. The number of aromatic nitrogens is 2. The van der Waals surface area contributed by atoms with E-state index in [1.54, 1.807) is 0 Å². The van der Waals surface area contributed by atoms with Crippen molar-refractivity contribution >= 4 is 10.0 Å². The van der Waals surface area contributed by atoms with Gasteiger partial charge < -0.3 is 14.2 Å². The molecule has 8 nitrogen and oxygen atoms in total. The van der Waals surface area contributed by atoms with E-state index in [9.17, 15) is 12.8 Å². The summed E-state index contributed by atoms with van der Waals surface area (Å²) in [4.78, 5) is 7.95. The van der Waals surface area contributed by atoms with Gasteiger partial charge in [-0.25, -0.2) is 27.5 Å². The predicted molar refractivity (Wildman–Crippen MR) is 98.5 cm³/mol. The van der Waals surface area contributed by atoms with Gasteiger partial charge >= 0.3 is 0 Å². The van der Waals surface area contributed by atoms with Crippen molar-refractivity contribution in [2.75, 3.05) is 14.2 Å². The quantitative estimate of drug-likeness (QED) is 0.746. The molecule has 0 atom stereocenters. The number of sulfonamides is 1. The smallest absolute Gasteiger partial charge is 0.278 e. The van der Waals surface area contributed by atoms with Gasteiger partial charge in [0.15, 0.2) is 0 Å². The Balaban J connectivity index is 1.62. The monoisotopic (exact) mass is 411 g/mol. The molecule has 2 aromatic rings. The number of methoxy groups -OCH3 is 2. The first-order chi connectivity index (χ1) is 13.4. The predicted octanol–water partition coefficient (Wildman–Crippen LogP) is 2.30. The molecule has 28 heavy (non-hydrogen) atoms. The molecule has 1 aliphatic carbocycles. The lowest BCUT2D eigenvalue weighted by atomic mass is 9.94. The van der Waals surface area contributed by atoms with E-state index in [1.165, 1.54) is 32.7 Å². The van der Waals surface area contributed by atoms with Crippen LogP contribution in [-0.4, -0.2) is 44.8 Å². The highest BCUT2D eigenvalue weighted by Gasteiger charge is 2.29. The van der Waals surface area contributed by atoms with Crippen LogP contribution in [0.3, 0.4) is 0 Å². The minimum atomic E-state index is -3.91. The Labute approximate surface area is 163 Å². The van der Waals surface area contributed by atoms with Gasteiger partial charge in [-0.05, 0) is 43.9 Å². The van der Waals surface area contributed by atoms with Crippen molar-refractivity contribution in [1.82, 2.24) is 14.7 Å². The van der Waals surface area contributed by atoms with Gasteiger partial charge in [0.05, 0.1) is 14.2 Å². The topological polar surface area (TPSA) is 99.6 Å². The van der Waals surface area contributed by atoms with Crippen molar-refractivity contribution in [2.24, 2.45) is 0 Å². The third kappa shape index (κ3) is 4.68. The number of halogens is 1. The SMILES string of the molecule is COc1ccc(F)cc1S(=O)(=O)NC1CCC(Oc2nccnc2OC)CC1. The molecule has 0 radical (unpaired) electrons. The molecule has 0 spiro atoms. The summed E-state index contributed by atoms with van der Waals surface area (Å²) in [7, 11) is -1.08. The number of hydrogen-bond acceptors (Lipinski definition) is 7. The molecule has 1 fully saturated rings. The number of benzene rings is 1. The zero-order valence-corrected chi connectivity index (χ0v) is 16.4. The van der Waals surface area contributed by atoms with Gasteiger partial charge in [0.1, 0.15) is 22.6 Å². The fourth-order valence-corrected chi connectivity index (χ4v) is 4.62. The number of nitrogens with zero attached hydrogens (tertiary/aromatic N) is 2. The highest BCUT2D eigenvalue weighted by atomic mass is 32.2. The lowest BCUT2D eigenvalue weighted by Gasteiger charge is -2.29. The van der Waals surface area contributed by atoms with Crippen LogP contribution >= 0.6 is 0 Å². The molecule has 1 heterocycles. The Kier molecular flexibility index (Phi) is 6.30. The Morgan fingerprint density at radius 1 is 1.04 bits per heavy atom. The molecule has 1 aromatic carbocycles. The molecule has 3 rings (SSSR count). The third-order valence-corrected chi connectivity index (χ3v) is 6.06. The largest absolute Gasteiger partial charge is 0.495 e.